The summed E-state index contributed by atoms with van der Waals surface area (Å²) < 4.78 is 29.9. The van der Waals surface area contributed by atoms with Crippen LogP contribution in [0.4, 0.5) is 4.39 Å². The summed E-state index contributed by atoms with van der Waals surface area (Å²) in [5.41, 5.74) is 1.06. The van der Waals surface area contributed by atoms with Crippen molar-refractivity contribution < 1.29 is 28.5 Å². The lowest BCUT2D eigenvalue weighted by molar-refractivity contribution is -0.136. The number of rotatable bonds is 13. The van der Waals surface area contributed by atoms with E-state index in [2.05, 4.69) is 5.92 Å². The Labute approximate surface area is 204 Å². The van der Waals surface area contributed by atoms with Crippen molar-refractivity contribution >= 4 is 17.2 Å². The lowest BCUT2D eigenvalue weighted by atomic mass is 10.0. The van der Waals surface area contributed by atoms with E-state index in [0.29, 0.717) is 25.4 Å². The fourth-order valence-electron chi connectivity index (χ4n) is 3.95. The fourth-order valence-corrected chi connectivity index (χ4v) is 4.88. The predicted molar refractivity (Wildman–Crippen MR) is 128 cm³/mol. The number of fused-ring (bicyclic) bond motifs is 1. The molecule has 1 amide bonds. The smallest absolute Gasteiger partial charge is 0.237 e. The summed E-state index contributed by atoms with van der Waals surface area (Å²) in [6, 6.07) is 7.73. The van der Waals surface area contributed by atoms with Crippen LogP contribution >= 0.6 is 11.3 Å². The van der Waals surface area contributed by atoms with Crippen molar-refractivity contribution in [2.24, 2.45) is 0 Å². The maximum atomic E-state index is 13.6. The number of terminal acetylenes is 1. The van der Waals surface area contributed by atoms with E-state index in [1.807, 2.05) is 21.2 Å². The van der Waals surface area contributed by atoms with Crippen LogP contribution in [-0.2, 0) is 20.7 Å². The Bertz CT molecular complexity index is 963. The Balaban J connectivity index is 1.68. The van der Waals surface area contributed by atoms with Gasteiger partial charge in [-0.15, -0.1) is 17.8 Å². The van der Waals surface area contributed by atoms with Crippen LogP contribution in [0, 0.1) is 18.2 Å². The molecule has 7 nitrogen and oxygen atoms in total. The Morgan fingerprint density at radius 1 is 1.44 bits per heavy atom. The molecule has 1 aromatic heterocycles. The van der Waals surface area contributed by atoms with Crippen molar-refractivity contribution in [3.8, 4) is 18.1 Å². The molecule has 34 heavy (non-hydrogen) atoms. The third-order valence-electron chi connectivity index (χ3n) is 5.55. The van der Waals surface area contributed by atoms with E-state index >= 15 is 0 Å². The van der Waals surface area contributed by atoms with E-state index < -0.39 is 6.10 Å². The molecular weight excluding hydrogens is 459 g/mol. The van der Waals surface area contributed by atoms with Crippen LogP contribution in [0.1, 0.15) is 16.5 Å². The molecule has 0 spiro atoms. The standard InChI is InChI=1S/C25H31FN2O5S/c1-3-11-32-17-20(29)15-27(10-12-31-2)16-25(30)28-9-7-24-22(8-13-34-24)23(28)18-33-21-6-4-5-19(26)14-21/h1,4-6,8,13-14,20,23,29H,7,9-12,15-18H2,2H3/t20-,23+/m0/s1. The molecule has 1 N–H and O–H groups in total. The summed E-state index contributed by atoms with van der Waals surface area (Å²) in [7, 11) is 1.59. The average Bonchev–Trinajstić information content (AvgIpc) is 3.30. The number of ether oxygens (including phenoxy) is 3. The summed E-state index contributed by atoms with van der Waals surface area (Å²) in [6.07, 6.45) is 5.17. The van der Waals surface area contributed by atoms with Crippen LogP contribution in [0.15, 0.2) is 35.7 Å². The summed E-state index contributed by atoms with van der Waals surface area (Å²) in [5, 5.41) is 12.3. The van der Waals surface area contributed by atoms with Crippen molar-refractivity contribution in [1.29, 1.82) is 0 Å². The first-order valence-electron chi connectivity index (χ1n) is 11.2. The highest BCUT2D eigenvalue weighted by atomic mass is 32.1. The molecule has 2 aromatic rings. The number of thiophene rings is 1. The van der Waals surface area contributed by atoms with E-state index in [1.165, 1.54) is 17.0 Å². The van der Waals surface area contributed by atoms with Crippen LogP contribution in [0.25, 0.3) is 0 Å². The molecule has 0 aliphatic carbocycles. The molecule has 1 aromatic carbocycles. The lowest BCUT2D eigenvalue weighted by Crippen LogP contribution is -2.48. The van der Waals surface area contributed by atoms with Gasteiger partial charge in [0.05, 0.1) is 31.9 Å². The van der Waals surface area contributed by atoms with Gasteiger partial charge in [0.2, 0.25) is 5.91 Å². The molecule has 184 valence electrons. The minimum absolute atomic E-state index is 0.0717. The number of carbonyl (C=O) groups excluding carboxylic acids is 1. The number of benzene rings is 1. The van der Waals surface area contributed by atoms with Crippen molar-refractivity contribution in [3.63, 3.8) is 0 Å². The first kappa shape index (κ1) is 26.1. The zero-order valence-corrected chi connectivity index (χ0v) is 20.1. The molecule has 3 rings (SSSR count). The summed E-state index contributed by atoms with van der Waals surface area (Å²) in [6.45, 7) is 2.27. The van der Waals surface area contributed by atoms with Crippen LogP contribution in [-0.4, -0.2) is 86.6 Å². The van der Waals surface area contributed by atoms with Gasteiger partial charge in [-0.05, 0) is 35.6 Å². The van der Waals surface area contributed by atoms with Gasteiger partial charge in [-0.25, -0.2) is 4.39 Å². The highest BCUT2D eigenvalue weighted by Gasteiger charge is 2.33. The Kier molecular flexibility index (Phi) is 10.3. The van der Waals surface area contributed by atoms with Crippen molar-refractivity contribution in [2.75, 3.05) is 59.7 Å². The number of carbonyl (C=O) groups is 1. The number of nitrogens with zero attached hydrogens (tertiary/aromatic N) is 2. The topological polar surface area (TPSA) is 71.5 Å². The highest BCUT2D eigenvalue weighted by molar-refractivity contribution is 7.10. The molecule has 0 bridgehead atoms. The highest BCUT2D eigenvalue weighted by Crippen LogP contribution is 2.34. The molecule has 1 aliphatic rings. The molecule has 0 radical (unpaired) electrons. The van der Waals surface area contributed by atoms with E-state index in [9.17, 15) is 14.3 Å². The molecule has 9 heteroatoms. The van der Waals surface area contributed by atoms with E-state index in [1.54, 1.807) is 30.6 Å². The zero-order valence-electron chi connectivity index (χ0n) is 19.3. The Morgan fingerprint density at radius 2 is 2.29 bits per heavy atom. The Hall–Kier alpha value is -2.48. The fraction of sp³-hybridized carbons (Fsp3) is 0.480. The van der Waals surface area contributed by atoms with Crippen molar-refractivity contribution in [1.82, 2.24) is 9.80 Å². The second kappa shape index (κ2) is 13.4. The van der Waals surface area contributed by atoms with E-state index in [-0.39, 0.29) is 50.7 Å². The maximum absolute atomic E-state index is 13.6. The normalized spacial score (nSPS) is 16.2. The summed E-state index contributed by atoms with van der Waals surface area (Å²) >= 11 is 1.67. The van der Waals surface area contributed by atoms with Crippen LogP contribution in [0.5, 0.6) is 5.75 Å². The summed E-state index contributed by atoms with van der Waals surface area (Å²) in [4.78, 5) is 18.3. The summed E-state index contributed by atoms with van der Waals surface area (Å²) in [5.74, 6) is 2.34. The third-order valence-corrected chi connectivity index (χ3v) is 6.55. The molecule has 0 saturated carbocycles. The molecule has 0 fully saturated rings. The van der Waals surface area contributed by atoms with Gasteiger partial charge in [0.1, 0.15) is 24.8 Å². The van der Waals surface area contributed by atoms with E-state index in [0.717, 1.165) is 12.0 Å². The number of halogens is 1. The van der Waals surface area contributed by atoms with Gasteiger partial charge in [0, 0.05) is 37.7 Å². The molecule has 0 saturated heterocycles. The van der Waals surface area contributed by atoms with Gasteiger partial charge < -0.3 is 24.2 Å². The lowest BCUT2D eigenvalue weighted by Gasteiger charge is -2.37. The number of aliphatic hydroxyl groups excluding tert-OH is 1. The number of methoxy groups -OCH3 is 1. The molecular formula is C25H31FN2O5S. The van der Waals surface area contributed by atoms with Crippen molar-refractivity contribution in [2.45, 2.75) is 18.6 Å². The van der Waals surface area contributed by atoms with Crippen LogP contribution in [0.3, 0.4) is 0 Å². The minimum Gasteiger partial charge on any atom is -0.491 e. The SMILES string of the molecule is C#CCOC[C@@H](O)CN(CCOC)CC(=O)N1CCc2sccc2[C@H]1COc1cccc(F)c1. The molecule has 2 atom stereocenters. The first-order valence-corrected chi connectivity index (χ1v) is 12.0. The zero-order chi connectivity index (χ0) is 24.3. The molecule has 1 aliphatic heterocycles. The van der Waals surface area contributed by atoms with Gasteiger partial charge in [-0.3, -0.25) is 9.69 Å². The van der Waals surface area contributed by atoms with Crippen LogP contribution < -0.4 is 4.74 Å². The largest absolute Gasteiger partial charge is 0.491 e. The molecule has 2 heterocycles. The second-order valence-corrected chi connectivity index (χ2v) is 9.02. The van der Waals surface area contributed by atoms with Crippen LogP contribution in [0.2, 0.25) is 0 Å². The number of amides is 1. The number of aliphatic hydroxyl groups is 1. The van der Waals surface area contributed by atoms with Gasteiger partial charge >= 0.3 is 0 Å². The Morgan fingerprint density at radius 3 is 3.06 bits per heavy atom. The maximum Gasteiger partial charge on any atom is 0.237 e. The van der Waals surface area contributed by atoms with Gasteiger partial charge in [-0.1, -0.05) is 12.0 Å². The minimum atomic E-state index is -0.782. The van der Waals surface area contributed by atoms with E-state index in [4.69, 9.17) is 20.6 Å². The second-order valence-electron chi connectivity index (χ2n) is 8.02. The predicted octanol–water partition coefficient (Wildman–Crippen LogP) is 2.35. The monoisotopic (exact) mass is 490 g/mol. The number of hydrogen-bond acceptors (Lipinski definition) is 7. The third kappa shape index (κ3) is 7.52. The first-order chi connectivity index (χ1) is 16.5. The average molecular weight is 491 g/mol. The quantitative estimate of drug-likeness (QED) is 0.343. The van der Waals surface area contributed by atoms with Crippen molar-refractivity contribution in [3.05, 3.63) is 52.0 Å². The van der Waals surface area contributed by atoms with Gasteiger partial charge in [0.15, 0.2) is 0 Å². The van der Waals surface area contributed by atoms with Gasteiger partial charge in [-0.2, -0.15) is 0 Å². The molecule has 0 unspecified atom stereocenters. The number of hydrogen-bond donors (Lipinski definition) is 1. The van der Waals surface area contributed by atoms with Gasteiger partial charge in [0.25, 0.3) is 0 Å².